The van der Waals surface area contributed by atoms with Crippen LogP contribution < -0.4 is 10.2 Å². The molecule has 3 heterocycles. The standard InChI is InChI=1S/C25H26F3N3O6/c1-24(2,3)20-9-13-8-19(36-7-5-6-35-4)15(21-29-30-23(37-21)25(26,27)28)10-14(13)17-11-18(32)16(22(33)34)12-31(17)20/h8,10-12,20H,5-7,9H2,1-4H3,(H,33,34)/t20-/m0/s1. The molecule has 1 N–H and O–H groups in total. The largest absolute Gasteiger partial charge is 0.493 e. The van der Waals surface area contributed by atoms with Gasteiger partial charge in [-0.25, -0.2) is 4.79 Å². The highest BCUT2D eigenvalue weighted by atomic mass is 19.4. The monoisotopic (exact) mass is 521 g/mol. The summed E-state index contributed by atoms with van der Waals surface area (Å²) in [6.45, 7) is 6.64. The minimum atomic E-state index is -4.83. The lowest BCUT2D eigenvalue weighted by Crippen LogP contribution is -2.32. The molecule has 12 heteroatoms. The van der Waals surface area contributed by atoms with Crippen LogP contribution in [-0.2, 0) is 17.3 Å². The molecule has 1 aliphatic rings. The van der Waals surface area contributed by atoms with Gasteiger partial charge in [0, 0.05) is 44.0 Å². The minimum absolute atomic E-state index is 0.120. The Hall–Kier alpha value is -3.67. The van der Waals surface area contributed by atoms with Crippen molar-refractivity contribution in [1.82, 2.24) is 14.8 Å². The van der Waals surface area contributed by atoms with Crippen LogP contribution >= 0.6 is 0 Å². The molecular formula is C25H26F3N3O6. The van der Waals surface area contributed by atoms with E-state index in [1.165, 1.54) is 12.3 Å². The van der Waals surface area contributed by atoms with Crippen molar-refractivity contribution in [2.45, 2.75) is 45.8 Å². The van der Waals surface area contributed by atoms with Gasteiger partial charge in [0.15, 0.2) is 5.43 Å². The summed E-state index contributed by atoms with van der Waals surface area (Å²) in [5.74, 6) is -2.99. The maximum Gasteiger partial charge on any atom is 0.470 e. The highest BCUT2D eigenvalue weighted by Gasteiger charge is 2.39. The van der Waals surface area contributed by atoms with Gasteiger partial charge in [-0.05, 0) is 29.5 Å². The third kappa shape index (κ3) is 5.24. The molecule has 0 aliphatic carbocycles. The molecule has 1 aliphatic heterocycles. The van der Waals surface area contributed by atoms with Crippen LogP contribution in [-0.4, -0.2) is 46.2 Å². The van der Waals surface area contributed by atoms with E-state index in [1.54, 1.807) is 23.8 Å². The average Bonchev–Trinajstić information content (AvgIpc) is 3.30. The van der Waals surface area contributed by atoms with E-state index in [1.807, 2.05) is 20.8 Å². The Kier molecular flexibility index (Phi) is 6.89. The maximum absolute atomic E-state index is 13.2. The van der Waals surface area contributed by atoms with Crippen LogP contribution in [0.5, 0.6) is 5.75 Å². The topological polar surface area (TPSA) is 117 Å². The van der Waals surface area contributed by atoms with Gasteiger partial charge in [-0.3, -0.25) is 4.79 Å². The van der Waals surface area contributed by atoms with Crippen LogP contribution in [0.4, 0.5) is 13.2 Å². The van der Waals surface area contributed by atoms with Gasteiger partial charge in [0.1, 0.15) is 11.3 Å². The fourth-order valence-electron chi connectivity index (χ4n) is 4.36. The quantitative estimate of drug-likeness (QED) is 0.439. The molecule has 0 bridgehead atoms. The molecule has 0 amide bonds. The van der Waals surface area contributed by atoms with Crippen molar-refractivity contribution in [2.75, 3.05) is 20.3 Å². The summed E-state index contributed by atoms with van der Waals surface area (Å²) in [5.41, 5.74) is 0.478. The van der Waals surface area contributed by atoms with E-state index in [0.717, 1.165) is 5.56 Å². The fourth-order valence-corrected chi connectivity index (χ4v) is 4.36. The van der Waals surface area contributed by atoms with Gasteiger partial charge < -0.3 is 23.6 Å². The average molecular weight is 521 g/mol. The molecule has 0 spiro atoms. The lowest BCUT2D eigenvalue weighted by molar-refractivity contribution is -0.156. The molecule has 0 unspecified atom stereocenters. The van der Waals surface area contributed by atoms with Gasteiger partial charge in [0.05, 0.1) is 17.9 Å². The van der Waals surface area contributed by atoms with E-state index in [0.29, 0.717) is 30.7 Å². The number of benzene rings is 1. The van der Waals surface area contributed by atoms with E-state index in [4.69, 9.17) is 13.9 Å². The molecule has 37 heavy (non-hydrogen) atoms. The lowest BCUT2D eigenvalue weighted by Gasteiger charge is -2.39. The third-order valence-corrected chi connectivity index (χ3v) is 6.19. The predicted octanol–water partition coefficient (Wildman–Crippen LogP) is 4.84. The zero-order chi connectivity index (χ0) is 27.1. The van der Waals surface area contributed by atoms with E-state index >= 15 is 0 Å². The molecule has 0 radical (unpaired) electrons. The van der Waals surface area contributed by atoms with Gasteiger partial charge in [0.25, 0.3) is 5.89 Å². The number of ether oxygens (including phenoxy) is 2. The molecule has 0 saturated carbocycles. The SMILES string of the molecule is COCCCOc1cc2c(cc1-c1nnc(C(F)(F)F)o1)-c1cc(=O)c(C(=O)O)cn1[C@H](C(C)(C)C)C2. The van der Waals surface area contributed by atoms with Gasteiger partial charge in [-0.2, -0.15) is 13.2 Å². The first-order valence-electron chi connectivity index (χ1n) is 11.5. The summed E-state index contributed by atoms with van der Waals surface area (Å²) in [4.78, 5) is 24.3. The Labute approximate surface area is 209 Å². The van der Waals surface area contributed by atoms with Gasteiger partial charge in [-0.1, -0.05) is 20.8 Å². The molecule has 3 aromatic rings. The number of carbonyl (C=O) groups is 1. The number of aromatic carboxylic acids is 1. The second-order valence-corrected chi connectivity index (χ2v) is 9.85. The van der Waals surface area contributed by atoms with Crippen LogP contribution in [0.3, 0.4) is 0 Å². The summed E-state index contributed by atoms with van der Waals surface area (Å²) in [5, 5.41) is 16.2. The summed E-state index contributed by atoms with van der Waals surface area (Å²) < 4.78 is 57.1. The Morgan fingerprint density at radius 2 is 1.89 bits per heavy atom. The molecule has 198 valence electrons. The number of pyridine rings is 1. The van der Waals surface area contributed by atoms with Crippen molar-refractivity contribution >= 4 is 5.97 Å². The predicted molar refractivity (Wildman–Crippen MR) is 126 cm³/mol. The number of nitrogens with zero attached hydrogens (tertiary/aromatic N) is 3. The smallest absolute Gasteiger partial charge is 0.470 e. The maximum atomic E-state index is 13.2. The summed E-state index contributed by atoms with van der Waals surface area (Å²) in [7, 11) is 1.54. The summed E-state index contributed by atoms with van der Waals surface area (Å²) in [6.07, 6.45) is -2.51. The van der Waals surface area contributed by atoms with E-state index in [9.17, 15) is 27.9 Å². The van der Waals surface area contributed by atoms with Crippen LogP contribution in [0, 0.1) is 5.41 Å². The van der Waals surface area contributed by atoms with Gasteiger partial charge in [-0.15, -0.1) is 10.2 Å². The first-order valence-corrected chi connectivity index (χ1v) is 11.5. The Morgan fingerprint density at radius 1 is 1.16 bits per heavy atom. The highest BCUT2D eigenvalue weighted by molar-refractivity contribution is 5.88. The molecule has 4 rings (SSSR count). The van der Waals surface area contributed by atoms with Gasteiger partial charge in [0.2, 0.25) is 0 Å². The van der Waals surface area contributed by atoms with Gasteiger partial charge >= 0.3 is 18.0 Å². The Bertz CT molecular complexity index is 1390. The third-order valence-electron chi connectivity index (χ3n) is 6.19. The number of hydrogen-bond acceptors (Lipinski definition) is 7. The highest BCUT2D eigenvalue weighted by Crippen LogP contribution is 2.46. The first-order chi connectivity index (χ1) is 17.3. The second-order valence-electron chi connectivity index (χ2n) is 9.85. The van der Waals surface area contributed by atoms with Crippen molar-refractivity contribution in [3.8, 4) is 28.5 Å². The number of hydrogen-bond donors (Lipinski definition) is 1. The van der Waals surface area contributed by atoms with E-state index in [2.05, 4.69) is 10.2 Å². The van der Waals surface area contributed by atoms with Crippen molar-refractivity contribution in [2.24, 2.45) is 5.41 Å². The Balaban J connectivity index is 1.92. The summed E-state index contributed by atoms with van der Waals surface area (Å²) >= 11 is 0. The molecule has 1 atom stereocenters. The molecule has 2 aromatic heterocycles. The first kappa shape index (κ1) is 26.4. The van der Waals surface area contributed by atoms with Crippen molar-refractivity contribution < 1.29 is 37.0 Å². The van der Waals surface area contributed by atoms with Crippen LogP contribution in [0.15, 0.2) is 33.6 Å². The van der Waals surface area contributed by atoms with Crippen molar-refractivity contribution in [3.63, 3.8) is 0 Å². The number of carboxylic acids is 1. The molecular weight excluding hydrogens is 495 g/mol. The number of alkyl halides is 3. The normalized spacial score (nSPS) is 15.3. The lowest BCUT2D eigenvalue weighted by atomic mass is 9.78. The zero-order valence-electron chi connectivity index (χ0n) is 20.7. The fraction of sp³-hybridized carbons (Fsp3) is 0.440. The molecule has 1 aromatic carbocycles. The number of methoxy groups -OCH3 is 1. The zero-order valence-corrected chi connectivity index (χ0v) is 20.7. The number of halogens is 3. The van der Waals surface area contributed by atoms with Crippen LogP contribution in [0.1, 0.15) is 55.0 Å². The van der Waals surface area contributed by atoms with Crippen LogP contribution in [0.25, 0.3) is 22.7 Å². The van der Waals surface area contributed by atoms with Crippen LogP contribution in [0.2, 0.25) is 0 Å². The van der Waals surface area contributed by atoms with Crippen molar-refractivity contribution in [1.29, 1.82) is 0 Å². The minimum Gasteiger partial charge on any atom is -0.493 e. The summed E-state index contributed by atoms with van der Waals surface area (Å²) in [6, 6.07) is 4.26. The molecule has 0 fully saturated rings. The second kappa shape index (κ2) is 9.66. The number of fused-ring (bicyclic) bond motifs is 3. The molecule has 9 nitrogen and oxygen atoms in total. The van der Waals surface area contributed by atoms with E-state index < -0.39 is 29.4 Å². The van der Waals surface area contributed by atoms with E-state index in [-0.39, 0.29) is 34.9 Å². The number of aromatic nitrogens is 3. The Morgan fingerprint density at radius 3 is 2.49 bits per heavy atom. The number of carboxylic acid groups (broad SMARTS) is 1. The number of rotatable bonds is 7. The van der Waals surface area contributed by atoms with Crippen molar-refractivity contribution in [3.05, 3.63) is 51.6 Å². The molecule has 0 saturated heterocycles.